The van der Waals surface area contributed by atoms with Crippen molar-refractivity contribution >= 4 is 44.5 Å². The Balaban J connectivity index is 1.19. The van der Waals surface area contributed by atoms with Crippen molar-refractivity contribution in [1.82, 2.24) is 25.1 Å². The van der Waals surface area contributed by atoms with Gasteiger partial charge in [0, 0.05) is 37.7 Å². The Morgan fingerprint density at radius 2 is 1.69 bits per heavy atom. The Kier molecular flexibility index (Phi) is 10.9. The van der Waals surface area contributed by atoms with Gasteiger partial charge in [0.1, 0.15) is 6.04 Å². The topological polar surface area (TPSA) is 203 Å². The van der Waals surface area contributed by atoms with Gasteiger partial charge in [-0.15, -0.1) is 0 Å². The van der Waals surface area contributed by atoms with Gasteiger partial charge in [-0.3, -0.25) is 24.6 Å². The van der Waals surface area contributed by atoms with E-state index in [2.05, 4.69) is 26.1 Å². The number of nitrogens with zero attached hydrogens (tertiary/aromatic N) is 1. The molecular weight excluding hydrogens is 676 g/mol. The molecule has 270 valence electrons. The maximum Gasteiger partial charge on any atom is 0.404 e. The molecule has 15 heteroatoms. The Labute approximate surface area is 295 Å². The molecule has 0 radical (unpaired) electrons. The molecule has 6 rings (SSSR count). The van der Waals surface area contributed by atoms with Crippen LogP contribution in [-0.2, 0) is 30.8 Å². The van der Waals surface area contributed by atoms with Crippen LogP contribution in [0.25, 0.3) is 22.0 Å². The lowest BCUT2D eigenvalue weighted by atomic mass is 9.81. The molecular formula is C36H42N6O8S. The largest absolute Gasteiger partial charge is 0.465 e. The monoisotopic (exact) mass is 718 g/mol. The van der Waals surface area contributed by atoms with Crippen molar-refractivity contribution in [2.75, 3.05) is 38.2 Å². The summed E-state index contributed by atoms with van der Waals surface area (Å²) in [5.41, 5.74) is 3.97. The Hall–Kier alpha value is -4.99. The van der Waals surface area contributed by atoms with Crippen LogP contribution in [0, 0.1) is 18.8 Å². The van der Waals surface area contributed by atoms with Crippen molar-refractivity contribution in [2.24, 2.45) is 11.8 Å². The van der Waals surface area contributed by atoms with Gasteiger partial charge in [0.05, 0.1) is 29.0 Å². The fourth-order valence-corrected chi connectivity index (χ4v) is 8.20. The summed E-state index contributed by atoms with van der Waals surface area (Å²) in [5.74, 6) is -0.827. The lowest BCUT2D eigenvalue weighted by molar-refractivity contribution is -0.130. The number of hydrogen-bond acceptors (Lipinski definition) is 7. The van der Waals surface area contributed by atoms with Crippen molar-refractivity contribution < 1.29 is 32.6 Å². The van der Waals surface area contributed by atoms with Crippen molar-refractivity contribution in [3.8, 4) is 11.1 Å². The van der Waals surface area contributed by atoms with Crippen molar-refractivity contribution in [1.29, 1.82) is 0 Å². The van der Waals surface area contributed by atoms with E-state index in [1.165, 1.54) is 4.31 Å². The first-order chi connectivity index (χ1) is 24.5. The normalized spacial score (nSPS) is 18.9. The quantitative estimate of drug-likeness (QED) is 0.135. The Bertz CT molecular complexity index is 2060. The van der Waals surface area contributed by atoms with Crippen LogP contribution in [0.5, 0.6) is 0 Å². The highest BCUT2D eigenvalue weighted by atomic mass is 32.2. The third-order valence-electron chi connectivity index (χ3n) is 9.76. The maximum atomic E-state index is 13.7. The highest BCUT2D eigenvalue weighted by molar-refractivity contribution is 7.89. The van der Waals surface area contributed by atoms with Crippen LogP contribution in [0.15, 0.2) is 70.4 Å². The molecule has 1 saturated heterocycles. The van der Waals surface area contributed by atoms with Gasteiger partial charge in [-0.05, 0) is 91.1 Å². The zero-order chi connectivity index (χ0) is 36.1. The summed E-state index contributed by atoms with van der Waals surface area (Å²) in [7, 11) is -3.69. The smallest absolute Gasteiger partial charge is 0.404 e. The van der Waals surface area contributed by atoms with Gasteiger partial charge in [0.2, 0.25) is 21.8 Å². The van der Waals surface area contributed by atoms with Crippen molar-refractivity contribution in [3.05, 3.63) is 82.1 Å². The Morgan fingerprint density at radius 1 is 0.961 bits per heavy atom. The van der Waals surface area contributed by atoms with Crippen LogP contribution < -0.4 is 21.5 Å². The number of nitrogens with one attached hydrogen (secondary N) is 5. The number of morpholine rings is 1. The van der Waals surface area contributed by atoms with Gasteiger partial charge in [-0.2, -0.15) is 4.31 Å². The molecule has 14 nitrogen and oxygen atoms in total. The molecule has 51 heavy (non-hydrogen) atoms. The zero-order valence-corrected chi connectivity index (χ0v) is 29.1. The number of rotatable bonds is 11. The fourth-order valence-electron chi connectivity index (χ4n) is 6.77. The number of aryl methyl sites for hydroxylation is 1. The molecule has 0 bridgehead atoms. The van der Waals surface area contributed by atoms with E-state index in [0.29, 0.717) is 75.1 Å². The van der Waals surface area contributed by atoms with Crippen LogP contribution >= 0.6 is 0 Å². The number of fused-ring (bicyclic) bond motifs is 1. The van der Waals surface area contributed by atoms with E-state index in [1.807, 2.05) is 31.2 Å². The molecule has 0 spiro atoms. The highest BCUT2D eigenvalue weighted by Crippen LogP contribution is 2.30. The second kappa shape index (κ2) is 15.5. The van der Waals surface area contributed by atoms with Gasteiger partial charge in [0.15, 0.2) is 0 Å². The van der Waals surface area contributed by atoms with E-state index in [4.69, 9.17) is 9.84 Å². The number of H-pyrrole nitrogens is 2. The summed E-state index contributed by atoms with van der Waals surface area (Å²) in [6.45, 7) is 3.58. The molecule has 2 aliphatic rings. The van der Waals surface area contributed by atoms with E-state index in [0.717, 1.165) is 22.3 Å². The molecule has 1 aliphatic heterocycles. The molecule has 1 aliphatic carbocycles. The van der Waals surface area contributed by atoms with Crippen LogP contribution in [-0.4, -0.2) is 84.8 Å². The molecule has 3 aromatic carbocycles. The van der Waals surface area contributed by atoms with E-state index >= 15 is 0 Å². The van der Waals surface area contributed by atoms with Crippen LogP contribution in [0.2, 0.25) is 0 Å². The van der Waals surface area contributed by atoms with E-state index in [9.17, 15) is 27.6 Å². The van der Waals surface area contributed by atoms with Crippen LogP contribution in [0.4, 0.5) is 10.5 Å². The number of aromatic nitrogens is 2. The summed E-state index contributed by atoms with van der Waals surface area (Å²) in [4.78, 5) is 50.3. The van der Waals surface area contributed by atoms with E-state index in [-0.39, 0.29) is 34.6 Å². The highest BCUT2D eigenvalue weighted by Gasteiger charge is 2.30. The predicted octanol–water partition coefficient (Wildman–Crippen LogP) is 3.59. The summed E-state index contributed by atoms with van der Waals surface area (Å²) in [6, 6.07) is 16.5. The molecule has 2 heterocycles. The van der Waals surface area contributed by atoms with Gasteiger partial charge < -0.3 is 25.8 Å². The number of amides is 3. The van der Waals surface area contributed by atoms with Gasteiger partial charge in [-0.1, -0.05) is 30.3 Å². The number of aromatic amines is 2. The lowest BCUT2D eigenvalue weighted by Crippen LogP contribution is -2.48. The SMILES string of the molecule is Cc1ccc(S(=O)(=O)N2CCOCC2)cc1-c1ccc(C[C@H](NC(=O)C2CCC(CNC(=O)O)CC2)C(=O)Nc2ccc3c(=O)[nH][nH]c3c2)cc1. The number of ether oxygens (including phenoxy) is 1. The number of benzene rings is 3. The standard InChI is InChI=1S/C36H42N6O8S/c1-22-2-12-28(51(48,49)42-14-16-50-17-15-42)20-30(22)25-7-3-23(4-8-25)18-32(35(45)38-27-11-13-29-31(19-27)40-41-34(29)44)39-33(43)26-9-5-24(6-10-26)21-37-36(46)47/h2-4,7-8,11-13,19-20,24,26,32,37H,5-6,9-10,14-18,21H2,1H3,(H,38,45)(H,39,43)(H,46,47)(H2,40,41,44)/t24?,26?,32-/m0/s1. The second-order valence-electron chi connectivity index (χ2n) is 13.2. The second-order valence-corrected chi connectivity index (χ2v) is 15.1. The molecule has 2 fully saturated rings. The first-order valence-electron chi connectivity index (χ1n) is 17.0. The molecule has 1 atom stereocenters. The average Bonchev–Trinajstić information content (AvgIpc) is 3.50. The number of anilines is 1. The van der Waals surface area contributed by atoms with Gasteiger partial charge in [0.25, 0.3) is 5.56 Å². The first-order valence-corrected chi connectivity index (χ1v) is 18.5. The minimum atomic E-state index is -3.69. The van der Waals surface area contributed by atoms with Gasteiger partial charge >= 0.3 is 6.09 Å². The zero-order valence-electron chi connectivity index (χ0n) is 28.2. The molecule has 1 saturated carbocycles. The van der Waals surface area contributed by atoms with E-state index < -0.39 is 28.1 Å². The molecule has 4 aromatic rings. The maximum absolute atomic E-state index is 13.7. The number of carbonyl (C=O) groups excluding carboxylic acids is 2. The number of hydrogen-bond donors (Lipinski definition) is 6. The molecule has 1 aromatic heterocycles. The molecule has 6 N–H and O–H groups in total. The van der Waals surface area contributed by atoms with Crippen molar-refractivity contribution in [2.45, 2.75) is 50.0 Å². The number of carbonyl (C=O) groups is 3. The first kappa shape index (κ1) is 35.8. The van der Waals surface area contributed by atoms with Crippen LogP contribution in [0.3, 0.4) is 0 Å². The van der Waals surface area contributed by atoms with Crippen molar-refractivity contribution in [3.63, 3.8) is 0 Å². The average molecular weight is 719 g/mol. The van der Waals surface area contributed by atoms with Crippen LogP contribution in [0.1, 0.15) is 36.8 Å². The third kappa shape index (κ3) is 8.49. The lowest BCUT2D eigenvalue weighted by Gasteiger charge is -2.29. The minimum Gasteiger partial charge on any atom is -0.465 e. The molecule has 0 unspecified atom stereocenters. The number of sulfonamides is 1. The fraction of sp³-hybridized carbons (Fsp3) is 0.389. The van der Waals surface area contributed by atoms with Gasteiger partial charge in [-0.25, -0.2) is 13.2 Å². The summed E-state index contributed by atoms with van der Waals surface area (Å²) in [6.07, 6.45) is 1.67. The Morgan fingerprint density at radius 3 is 2.39 bits per heavy atom. The number of carboxylic acid groups (broad SMARTS) is 1. The third-order valence-corrected chi connectivity index (χ3v) is 11.7. The minimum absolute atomic E-state index is 0.154. The summed E-state index contributed by atoms with van der Waals surface area (Å²) in [5, 5.41) is 22.9. The summed E-state index contributed by atoms with van der Waals surface area (Å²) >= 11 is 0. The predicted molar refractivity (Wildman–Crippen MR) is 191 cm³/mol. The summed E-state index contributed by atoms with van der Waals surface area (Å²) < 4.78 is 33.5. The molecule has 3 amide bonds. The van der Waals surface area contributed by atoms with E-state index in [1.54, 1.807) is 36.4 Å².